The first-order chi connectivity index (χ1) is 13.4. The summed E-state index contributed by atoms with van der Waals surface area (Å²) in [6.07, 6.45) is 4.69. The van der Waals surface area contributed by atoms with E-state index in [4.69, 9.17) is 5.11 Å². The van der Waals surface area contributed by atoms with E-state index >= 15 is 0 Å². The average molecular weight is 388 g/mol. The molecule has 2 heterocycles. The van der Waals surface area contributed by atoms with E-state index in [-0.39, 0.29) is 30.5 Å². The van der Waals surface area contributed by atoms with Gasteiger partial charge in [-0.2, -0.15) is 0 Å². The Bertz CT molecular complexity index is 790. The van der Waals surface area contributed by atoms with Crippen LogP contribution in [-0.2, 0) is 14.4 Å². The van der Waals surface area contributed by atoms with Crippen molar-refractivity contribution in [2.45, 2.75) is 50.5 Å². The lowest BCUT2D eigenvalue weighted by molar-refractivity contribution is -0.137. The van der Waals surface area contributed by atoms with Gasteiger partial charge in [0.1, 0.15) is 5.82 Å². The number of carbonyl (C=O) groups excluding carboxylic acids is 2. The number of nitrogens with zero attached hydrogens (tertiary/aromatic N) is 1. The molecule has 7 heteroatoms. The number of aliphatic carboxylic acids is 1. The maximum absolute atomic E-state index is 13.1. The molecule has 2 N–H and O–H groups in total. The van der Waals surface area contributed by atoms with Gasteiger partial charge in [-0.25, -0.2) is 4.39 Å². The number of carboxylic acids is 1. The number of amides is 2. The maximum atomic E-state index is 13.1. The Morgan fingerprint density at radius 3 is 2.43 bits per heavy atom. The fourth-order valence-electron chi connectivity index (χ4n) is 3.95. The molecule has 1 fully saturated rings. The molecule has 1 aromatic rings. The van der Waals surface area contributed by atoms with Crippen molar-refractivity contribution in [1.29, 1.82) is 0 Å². The molecular formula is C21H25FN2O4. The summed E-state index contributed by atoms with van der Waals surface area (Å²) < 4.78 is 13.1. The fraction of sp³-hybridized carbons (Fsp3) is 0.476. The molecule has 1 unspecified atom stereocenters. The molecule has 0 spiro atoms. The van der Waals surface area contributed by atoms with Gasteiger partial charge in [0.25, 0.3) is 0 Å². The first-order valence-corrected chi connectivity index (χ1v) is 9.62. The average Bonchev–Trinajstić information content (AvgIpc) is 3.07. The second kappa shape index (κ2) is 8.54. The van der Waals surface area contributed by atoms with Gasteiger partial charge in [-0.1, -0.05) is 18.2 Å². The third kappa shape index (κ3) is 4.97. The normalized spacial score (nSPS) is 22.0. The SMILES string of the molecule is O=C(O)CCC1(CCC(=O)N2CC=C(c3ccc(F)cc3)CC2)CCC(=O)N1. The smallest absolute Gasteiger partial charge is 0.303 e. The van der Waals surface area contributed by atoms with Gasteiger partial charge < -0.3 is 15.3 Å². The first-order valence-electron chi connectivity index (χ1n) is 9.62. The summed E-state index contributed by atoms with van der Waals surface area (Å²) in [6, 6.07) is 6.35. The molecule has 1 atom stereocenters. The largest absolute Gasteiger partial charge is 0.481 e. The van der Waals surface area contributed by atoms with Crippen LogP contribution >= 0.6 is 0 Å². The standard InChI is InChI=1S/C21H25FN2O4/c22-17-3-1-15(2-4-17)16-8-13-24(14-9-16)19(26)6-11-21(12-7-20(27)28)10-5-18(25)23-21/h1-4,8H,5-7,9-14H2,(H,23,25)(H,27,28). The van der Waals surface area contributed by atoms with Crippen LogP contribution in [0.1, 0.15) is 50.5 Å². The van der Waals surface area contributed by atoms with Crippen LogP contribution in [-0.4, -0.2) is 46.4 Å². The summed E-state index contributed by atoms with van der Waals surface area (Å²) in [5.41, 5.74) is 1.48. The molecule has 0 aliphatic carbocycles. The van der Waals surface area contributed by atoms with Gasteiger partial charge in [0.05, 0.1) is 0 Å². The second-order valence-electron chi connectivity index (χ2n) is 7.55. The molecule has 0 radical (unpaired) electrons. The van der Waals surface area contributed by atoms with Crippen LogP contribution in [0.5, 0.6) is 0 Å². The van der Waals surface area contributed by atoms with Crippen molar-refractivity contribution in [3.8, 4) is 0 Å². The van der Waals surface area contributed by atoms with Crippen molar-refractivity contribution in [1.82, 2.24) is 10.2 Å². The summed E-state index contributed by atoms with van der Waals surface area (Å²) in [5, 5.41) is 11.9. The number of benzene rings is 1. The molecule has 2 aliphatic heterocycles. The van der Waals surface area contributed by atoms with Gasteiger partial charge in [0.15, 0.2) is 0 Å². The zero-order valence-electron chi connectivity index (χ0n) is 15.7. The summed E-state index contributed by atoms with van der Waals surface area (Å²) in [4.78, 5) is 37.0. The van der Waals surface area contributed by atoms with E-state index in [1.54, 1.807) is 17.0 Å². The van der Waals surface area contributed by atoms with Crippen molar-refractivity contribution in [2.75, 3.05) is 13.1 Å². The van der Waals surface area contributed by atoms with Crippen molar-refractivity contribution >= 4 is 23.4 Å². The van der Waals surface area contributed by atoms with Crippen LogP contribution in [0.2, 0.25) is 0 Å². The molecule has 28 heavy (non-hydrogen) atoms. The monoisotopic (exact) mass is 388 g/mol. The van der Waals surface area contributed by atoms with E-state index in [2.05, 4.69) is 5.32 Å². The van der Waals surface area contributed by atoms with Gasteiger partial charge in [-0.15, -0.1) is 0 Å². The molecule has 0 saturated carbocycles. The third-order valence-corrected chi connectivity index (χ3v) is 5.65. The first kappa shape index (κ1) is 20.0. The topological polar surface area (TPSA) is 86.7 Å². The summed E-state index contributed by atoms with van der Waals surface area (Å²) in [6.45, 7) is 1.09. The Morgan fingerprint density at radius 2 is 1.86 bits per heavy atom. The van der Waals surface area contributed by atoms with Crippen molar-refractivity contribution in [2.24, 2.45) is 0 Å². The number of hydrogen-bond acceptors (Lipinski definition) is 3. The van der Waals surface area contributed by atoms with Crippen molar-refractivity contribution in [3.05, 3.63) is 41.7 Å². The molecule has 2 aliphatic rings. The Kier molecular flexibility index (Phi) is 6.11. The fourth-order valence-corrected chi connectivity index (χ4v) is 3.95. The minimum atomic E-state index is -0.902. The third-order valence-electron chi connectivity index (χ3n) is 5.65. The maximum Gasteiger partial charge on any atom is 0.303 e. The number of halogens is 1. The Hall–Kier alpha value is -2.70. The zero-order valence-corrected chi connectivity index (χ0v) is 15.7. The van der Waals surface area contributed by atoms with E-state index in [1.165, 1.54) is 12.1 Å². The predicted octanol–water partition coefficient (Wildman–Crippen LogP) is 2.74. The Labute approximate surface area is 163 Å². The lowest BCUT2D eigenvalue weighted by atomic mass is 9.86. The van der Waals surface area contributed by atoms with Gasteiger partial charge >= 0.3 is 5.97 Å². The van der Waals surface area contributed by atoms with Crippen LogP contribution in [0.15, 0.2) is 30.3 Å². The molecule has 1 aromatic carbocycles. The van der Waals surface area contributed by atoms with Crippen LogP contribution in [0.3, 0.4) is 0 Å². The van der Waals surface area contributed by atoms with Crippen LogP contribution in [0, 0.1) is 5.82 Å². The molecular weight excluding hydrogens is 363 g/mol. The van der Waals surface area contributed by atoms with Gasteiger partial charge in [0, 0.05) is 37.9 Å². The molecule has 0 bridgehead atoms. The van der Waals surface area contributed by atoms with Gasteiger partial charge in [0.2, 0.25) is 11.8 Å². The lowest BCUT2D eigenvalue weighted by Gasteiger charge is -2.31. The minimum Gasteiger partial charge on any atom is -0.481 e. The zero-order chi connectivity index (χ0) is 20.1. The molecule has 0 aromatic heterocycles. The van der Waals surface area contributed by atoms with E-state index in [0.717, 1.165) is 11.1 Å². The van der Waals surface area contributed by atoms with Crippen molar-refractivity contribution in [3.63, 3.8) is 0 Å². The van der Waals surface area contributed by atoms with Crippen molar-refractivity contribution < 1.29 is 23.9 Å². The summed E-state index contributed by atoms with van der Waals surface area (Å²) >= 11 is 0. The number of carboxylic acid groups (broad SMARTS) is 1. The summed E-state index contributed by atoms with van der Waals surface area (Å²) in [5.74, 6) is -1.25. The lowest BCUT2D eigenvalue weighted by Crippen LogP contribution is -2.43. The van der Waals surface area contributed by atoms with E-state index in [9.17, 15) is 18.8 Å². The molecule has 150 valence electrons. The quantitative estimate of drug-likeness (QED) is 0.752. The van der Waals surface area contributed by atoms with Crippen LogP contribution < -0.4 is 5.32 Å². The highest BCUT2D eigenvalue weighted by Crippen LogP contribution is 2.31. The summed E-state index contributed by atoms with van der Waals surface area (Å²) in [7, 11) is 0. The molecule has 6 nitrogen and oxygen atoms in total. The highest BCUT2D eigenvalue weighted by atomic mass is 19.1. The Morgan fingerprint density at radius 1 is 1.14 bits per heavy atom. The minimum absolute atomic E-state index is 0.00487. The highest BCUT2D eigenvalue weighted by molar-refractivity contribution is 5.81. The second-order valence-corrected chi connectivity index (χ2v) is 7.55. The van der Waals surface area contributed by atoms with Crippen LogP contribution in [0.25, 0.3) is 5.57 Å². The number of carbonyl (C=O) groups is 3. The predicted molar refractivity (Wildman–Crippen MR) is 102 cm³/mol. The van der Waals surface area contributed by atoms with E-state index < -0.39 is 11.5 Å². The molecule has 1 saturated heterocycles. The van der Waals surface area contributed by atoms with Gasteiger partial charge in [-0.3, -0.25) is 14.4 Å². The van der Waals surface area contributed by atoms with Crippen LogP contribution in [0.4, 0.5) is 4.39 Å². The van der Waals surface area contributed by atoms with E-state index in [0.29, 0.717) is 45.2 Å². The Balaban J connectivity index is 1.55. The molecule has 2 amide bonds. The van der Waals surface area contributed by atoms with E-state index in [1.807, 2.05) is 6.08 Å². The number of nitrogens with one attached hydrogen (secondary N) is 1. The van der Waals surface area contributed by atoms with Gasteiger partial charge in [-0.05, 0) is 49.0 Å². The number of hydrogen-bond donors (Lipinski definition) is 2. The highest BCUT2D eigenvalue weighted by Gasteiger charge is 2.38. The molecule has 3 rings (SSSR count). The number of rotatable bonds is 7.